The highest BCUT2D eigenvalue weighted by Crippen LogP contribution is 2.31. The number of hydrogen-bond donors (Lipinski definition) is 0. The Balaban J connectivity index is 2.02. The summed E-state index contributed by atoms with van der Waals surface area (Å²) in [4.78, 5) is 6.15. The summed E-state index contributed by atoms with van der Waals surface area (Å²) in [6, 6.07) is 12.6. The Kier molecular flexibility index (Phi) is 4.01. The third kappa shape index (κ3) is 3.10. The van der Waals surface area contributed by atoms with Crippen LogP contribution >= 0.6 is 0 Å². The molecular weight excluding hydrogens is 317 g/mol. The highest BCUT2D eigenvalue weighted by Gasteiger charge is 2.30. The number of rotatable bonds is 3. The number of halogens is 3. The van der Waals surface area contributed by atoms with Crippen LogP contribution in [0.2, 0.25) is 0 Å². The standard InChI is InChI=1S/C17H15F3N4/c1-23(2)14-8-6-12(7-9-14)16-21-11-22-24(16)15-5-3-4-13(10-15)17(18,19)20/h3-11H,1-2H3. The van der Waals surface area contributed by atoms with Crippen molar-refractivity contribution in [3.63, 3.8) is 0 Å². The molecule has 0 amide bonds. The molecule has 1 aromatic heterocycles. The number of hydrogen-bond acceptors (Lipinski definition) is 3. The van der Waals surface area contributed by atoms with E-state index in [9.17, 15) is 13.2 Å². The molecule has 0 radical (unpaired) electrons. The summed E-state index contributed by atoms with van der Waals surface area (Å²) in [5, 5.41) is 4.07. The van der Waals surface area contributed by atoms with Crippen LogP contribution in [0.15, 0.2) is 54.9 Å². The Hall–Kier alpha value is -2.83. The largest absolute Gasteiger partial charge is 0.416 e. The predicted octanol–water partition coefficient (Wildman–Crippen LogP) is 4.02. The molecule has 3 aromatic rings. The molecule has 24 heavy (non-hydrogen) atoms. The summed E-state index contributed by atoms with van der Waals surface area (Å²) in [5.41, 5.74) is 1.39. The van der Waals surface area contributed by atoms with Crippen molar-refractivity contribution in [2.75, 3.05) is 19.0 Å². The third-order valence-corrected chi connectivity index (χ3v) is 3.61. The van der Waals surface area contributed by atoms with Gasteiger partial charge in [-0.05, 0) is 42.5 Å². The summed E-state index contributed by atoms with van der Waals surface area (Å²) in [7, 11) is 3.86. The number of alkyl halides is 3. The van der Waals surface area contributed by atoms with Gasteiger partial charge in [0.2, 0.25) is 0 Å². The molecule has 4 nitrogen and oxygen atoms in total. The molecule has 124 valence electrons. The van der Waals surface area contributed by atoms with Crippen molar-refractivity contribution in [2.45, 2.75) is 6.18 Å². The van der Waals surface area contributed by atoms with Gasteiger partial charge < -0.3 is 4.90 Å². The third-order valence-electron chi connectivity index (χ3n) is 3.61. The van der Waals surface area contributed by atoms with Crippen molar-refractivity contribution >= 4 is 5.69 Å². The van der Waals surface area contributed by atoms with E-state index in [1.54, 1.807) is 6.07 Å². The van der Waals surface area contributed by atoms with Crippen molar-refractivity contribution in [1.29, 1.82) is 0 Å². The van der Waals surface area contributed by atoms with Crippen LogP contribution in [0.25, 0.3) is 17.1 Å². The van der Waals surface area contributed by atoms with Gasteiger partial charge in [0, 0.05) is 25.3 Å². The fourth-order valence-electron chi connectivity index (χ4n) is 2.35. The van der Waals surface area contributed by atoms with Crippen molar-refractivity contribution in [3.8, 4) is 17.1 Å². The Morgan fingerprint density at radius 2 is 1.71 bits per heavy atom. The van der Waals surface area contributed by atoms with Crippen LogP contribution in [0.5, 0.6) is 0 Å². The summed E-state index contributed by atoms with van der Waals surface area (Å²) in [6.07, 6.45) is -3.07. The number of nitrogens with zero attached hydrogens (tertiary/aromatic N) is 4. The Morgan fingerprint density at radius 1 is 1.00 bits per heavy atom. The van der Waals surface area contributed by atoms with E-state index in [0.29, 0.717) is 11.5 Å². The lowest BCUT2D eigenvalue weighted by Gasteiger charge is -2.13. The van der Waals surface area contributed by atoms with Gasteiger partial charge in [0.15, 0.2) is 5.82 Å². The maximum Gasteiger partial charge on any atom is 0.416 e. The Bertz CT molecular complexity index is 836. The molecule has 2 aromatic carbocycles. The van der Waals surface area contributed by atoms with Gasteiger partial charge in [0.25, 0.3) is 0 Å². The van der Waals surface area contributed by atoms with Crippen LogP contribution in [0.1, 0.15) is 5.56 Å². The lowest BCUT2D eigenvalue weighted by atomic mass is 10.1. The van der Waals surface area contributed by atoms with E-state index >= 15 is 0 Å². The molecule has 3 rings (SSSR count). The van der Waals surface area contributed by atoms with E-state index in [2.05, 4.69) is 10.1 Å². The van der Waals surface area contributed by atoms with Gasteiger partial charge in [0.05, 0.1) is 11.3 Å². The smallest absolute Gasteiger partial charge is 0.378 e. The van der Waals surface area contributed by atoms with Gasteiger partial charge in [-0.15, -0.1) is 0 Å². The summed E-state index contributed by atoms with van der Waals surface area (Å²) < 4.78 is 40.1. The van der Waals surface area contributed by atoms with Gasteiger partial charge in [-0.1, -0.05) is 6.07 Å². The molecule has 0 bridgehead atoms. The van der Waals surface area contributed by atoms with Gasteiger partial charge in [0.1, 0.15) is 6.33 Å². The van der Waals surface area contributed by atoms with Gasteiger partial charge in [-0.25, -0.2) is 9.67 Å². The van der Waals surface area contributed by atoms with Crippen LogP contribution < -0.4 is 4.90 Å². The van der Waals surface area contributed by atoms with Gasteiger partial charge >= 0.3 is 6.18 Å². The average molecular weight is 332 g/mol. The lowest BCUT2D eigenvalue weighted by Crippen LogP contribution is -2.08. The average Bonchev–Trinajstić information content (AvgIpc) is 3.04. The highest BCUT2D eigenvalue weighted by atomic mass is 19.4. The van der Waals surface area contributed by atoms with E-state index in [1.807, 2.05) is 43.3 Å². The Morgan fingerprint density at radius 3 is 2.33 bits per heavy atom. The van der Waals surface area contributed by atoms with Crippen LogP contribution in [0.4, 0.5) is 18.9 Å². The lowest BCUT2D eigenvalue weighted by molar-refractivity contribution is -0.137. The molecule has 0 fully saturated rings. The molecule has 0 aliphatic carbocycles. The van der Waals surface area contributed by atoms with Crippen molar-refractivity contribution < 1.29 is 13.2 Å². The number of benzene rings is 2. The SMILES string of the molecule is CN(C)c1ccc(-c2ncnn2-c2cccc(C(F)(F)F)c2)cc1. The molecule has 0 spiro atoms. The van der Waals surface area contributed by atoms with Gasteiger partial charge in [-0.3, -0.25) is 0 Å². The first kappa shape index (κ1) is 16.0. The highest BCUT2D eigenvalue weighted by molar-refractivity contribution is 5.62. The molecule has 0 N–H and O–H groups in total. The second kappa shape index (κ2) is 5.99. The van der Waals surface area contributed by atoms with E-state index < -0.39 is 11.7 Å². The predicted molar refractivity (Wildman–Crippen MR) is 86.1 cm³/mol. The van der Waals surface area contributed by atoms with Crippen LogP contribution in [-0.2, 0) is 6.18 Å². The first-order valence-corrected chi connectivity index (χ1v) is 7.21. The van der Waals surface area contributed by atoms with E-state index in [0.717, 1.165) is 23.4 Å². The van der Waals surface area contributed by atoms with Crippen molar-refractivity contribution in [1.82, 2.24) is 14.8 Å². The molecule has 7 heteroatoms. The van der Waals surface area contributed by atoms with E-state index in [-0.39, 0.29) is 0 Å². The Labute approximate surface area is 137 Å². The zero-order valence-corrected chi connectivity index (χ0v) is 13.1. The molecule has 0 saturated heterocycles. The topological polar surface area (TPSA) is 34.0 Å². The zero-order chi connectivity index (χ0) is 17.3. The summed E-state index contributed by atoms with van der Waals surface area (Å²) in [6.45, 7) is 0. The maximum absolute atomic E-state index is 12.9. The minimum absolute atomic E-state index is 0.314. The number of anilines is 1. The first-order chi connectivity index (χ1) is 11.4. The molecule has 0 atom stereocenters. The second-order valence-corrected chi connectivity index (χ2v) is 5.48. The minimum Gasteiger partial charge on any atom is -0.378 e. The van der Waals surface area contributed by atoms with E-state index in [1.165, 1.54) is 17.1 Å². The molecule has 0 aliphatic rings. The van der Waals surface area contributed by atoms with Gasteiger partial charge in [-0.2, -0.15) is 18.3 Å². The zero-order valence-electron chi connectivity index (χ0n) is 13.1. The quantitative estimate of drug-likeness (QED) is 0.726. The number of aromatic nitrogens is 3. The molecule has 0 aliphatic heterocycles. The molecule has 0 saturated carbocycles. The fraction of sp³-hybridized carbons (Fsp3) is 0.176. The first-order valence-electron chi connectivity index (χ1n) is 7.21. The molecular formula is C17H15F3N4. The van der Waals surface area contributed by atoms with Crippen molar-refractivity contribution in [2.24, 2.45) is 0 Å². The maximum atomic E-state index is 12.9. The normalized spacial score (nSPS) is 11.5. The summed E-state index contributed by atoms with van der Waals surface area (Å²) in [5.74, 6) is 0.486. The molecule has 1 heterocycles. The second-order valence-electron chi connectivity index (χ2n) is 5.48. The monoisotopic (exact) mass is 332 g/mol. The van der Waals surface area contributed by atoms with Crippen molar-refractivity contribution in [3.05, 3.63) is 60.4 Å². The van der Waals surface area contributed by atoms with Crippen LogP contribution in [-0.4, -0.2) is 28.9 Å². The van der Waals surface area contributed by atoms with E-state index in [4.69, 9.17) is 0 Å². The fourth-order valence-corrected chi connectivity index (χ4v) is 2.35. The minimum atomic E-state index is -4.40. The van der Waals surface area contributed by atoms with Crippen LogP contribution in [0, 0.1) is 0 Å². The molecule has 0 unspecified atom stereocenters. The summed E-state index contributed by atoms with van der Waals surface area (Å²) >= 11 is 0. The van der Waals surface area contributed by atoms with Crippen LogP contribution in [0.3, 0.4) is 0 Å².